The Hall–Kier alpha value is -0.390. The van der Waals surface area contributed by atoms with Crippen molar-refractivity contribution in [3.8, 4) is 0 Å². The van der Waals surface area contributed by atoms with E-state index in [-0.39, 0.29) is 0 Å². The molecule has 4 heteroatoms. The lowest BCUT2D eigenvalue weighted by Gasteiger charge is -2.09. The molecule has 0 radical (unpaired) electrons. The van der Waals surface area contributed by atoms with Gasteiger partial charge in [0.2, 0.25) is 0 Å². The molecule has 13 heavy (non-hydrogen) atoms. The zero-order chi connectivity index (χ0) is 10.0. The Kier molecular flexibility index (Phi) is 3.47. The third-order valence-corrected chi connectivity index (χ3v) is 3.45. The highest BCUT2D eigenvalue weighted by atomic mass is 127. The molecule has 0 aliphatic heterocycles. The first-order chi connectivity index (χ1) is 6.06. The van der Waals surface area contributed by atoms with E-state index in [0.29, 0.717) is 11.7 Å². The molecule has 72 valence electrons. The number of hydrogen-bond acceptors (Lipinski definition) is 3. The van der Waals surface area contributed by atoms with E-state index in [2.05, 4.69) is 46.4 Å². The Morgan fingerprint density at radius 3 is 2.54 bits per heavy atom. The molecule has 1 unspecified atom stereocenters. The van der Waals surface area contributed by atoms with E-state index >= 15 is 0 Å². The molecule has 1 aromatic rings. The van der Waals surface area contributed by atoms with Crippen molar-refractivity contribution < 1.29 is 0 Å². The number of aryl methyl sites for hydroxylation is 1. The monoisotopic (exact) mass is 291 g/mol. The van der Waals surface area contributed by atoms with Crippen LogP contribution in [-0.2, 0) is 0 Å². The third kappa shape index (κ3) is 2.30. The van der Waals surface area contributed by atoms with Crippen molar-refractivity contribution in [3.05, 3.63) is 15.1 Å². The lowest BCUT2D eigenvalue weighted by molar-refractivity contribution is 0.675. The molecular formula is C9H14IN3. The summed E-state index contributed by atoms with van der Waals surface area (Å²) in [6.45, 7) is 6.20. The van der Waals surface area contributed by atoms with Gasteiger partial charge in [0, 0.05) is 5.92 Å². The SMILES string of the molecule is CCC(C)c1nc(C)c(I)c(N)n1. The van der Waals surface area contributed by atoms with Crippen LogP contribution in [0.15, 0.2) is 0 Å². The van der Waals surface area contributed by atoms with Crippen LogP contribution >= 0.6 is 22.6 Å². The van der Waals surface area contributed by atoms with Crippen molar-refractivity contribution >= 4 is 28.4 Å². The van der Waals surface area contributed by atoms with Crippen LogP contribution in [0.3, 0.4) is 0 Å². The van der Waals surface area contributed by atoms with Gasteiger partial charge in [-0.25, -0.2) is 9.97 Å². The van der Waals surface area contributed by atoms with Gasteiger partial charge < -0.3 is 5.73 Å². The van der Waals surface area contributed by atoms with E-state index in [0.717, 1.165) is 21.5 Å². The summed E-state index contributed by atoms with van der Waals surface area (Å²) >= 11 is 2.17. The molecule has 0 aliphatic rings. The number of nitrogens with zero attached hydrogens (tertiary/aromatic N) is 2. The number of hydrogen-bond donors (Lipinski definition) is 1. The van der Waals surface area contributed by atoms with Crippen LogP contribution in [0.5, 0.6) is 0 Å². The maximum absolute atomic E-state index is 5.76. The average molecular weight is 291 g/mol. The van der Waals surface area contributed by atoms with Crippen LogP contribution < -0.4 is 5.73 Å². The second-order valence-electron chi connectivity index (χ2n) is 3.18. The van der Waals surface area contributed by atoms with Crippen LogP contribution in [0, 0.1) is 10.5 Å². The normalized spacial score (nSPS) is 12.9. The fourth-order valence-electron chi connectivity index (χ4n) is 1.01. The van der Waals surface area contributed by atoms with E-state index in [1.807, 2.05) is 6.92 Å². The number of nitrogens with two attached hydrogens (primary N) is 1. The topological polar surface area (TPSA) is 51.8 Å². The zero-order valence-electron chi connectivity index (χ0n) is 8.13. The quantitative estimate of drug-likeness (QED) is 0.852. The summed E-state index contributed by atoms with van der Waals surface area (Å²) in [5.41, 5.74) is 6.73. The predicted octanol–water partition coefficient (Wildman–Crippen LogP) is 2.49. The first-order valence-electron chi connectivity index (χ1n) is 4.35. The molecule has 2 N–H and O–H groups in total. The van der Waals surface area contributed by atoms with Gasteiger partial charge in [-0.15, -0.1) is 0 Å². The Balaban J connectivity index is 3.13. The van der Waals surface area contributed by atoms with E-state index in [9.17, 15) is 0 Å². The van der Waals surface area contributed by atoms with E-state index in [4.69, 9.17) is 5.73 Å². The van der Waals surface area contributed by atoms with Gasteiger partial charge in [0.05, 0.1) is 9.26 Å². The lowest BCUT2D eigenvalue weighted by Crippen LogP contribution is -2.07. The number of aromatic nitrogens is 2. The lowest BCUT2D eigenvalue weighted by atomic mass is 10.1. The van der Waals surface area contributed by atoms with Crippen LogP contribution in [0.4, 0.5) is 5.82 Å². The van der Waals surface area contributed by atoms with Crippen molar-refractivity contribution in [1.82, 2.24) is 9.97 Å². The smallest absolute Gasteiger partial charge is 0.140 e. The number of rotatable bonds is 2. The van der Waals surface area contributed by atoms with Crippen molar-refractivity contribution in [2.75, 3.05) is 5.73 Å². The van der Waals surface area contributed by atoms with Crippen LogP contribution in [0.25, 0.3) is 0 Å². The molecule has 0 fully saturated rings. The standard InChI is InChI=1S/C9H14IN3/c1-4-5(2)9-12-6(3)7(10)8(11)13-9/h5H,4H2,1-3H3,(H2,11,12,13). The summed E-state index contributed by atoms with van der Waals surface area (Å²) in [6, 6.07) is 0. The van der Waals surface area contributed by atoms with Crippen molar-refractivity contribution in [2.45, 2.75) is 33.1 Å². The van der Waals surface area contributed by atoms with E-state index < -0.39 is 0 Å². The van der Waals surface area contributed by atoms with Gasteiger partial charge >= 0.3 is 0 Å². The molecular weight excluding hydrogens is 277 g/mol. The first kappa shape index (κ1) is 10.7. The maximum Gasteiger partial charge on any atom is 0.140 e. The summed E-state index contributed by atoms with van der Waals surface area (Å²) in [7, 11) is 0. The Bertz CT molecular complexity index is 289. The zero-order valence-corrected chi connectivity index (χ0v) is 10.3. The number of halogens is 1. The Morgan fingerprint density at radius 1 is 1.46 bits per heavy atom. The van der Waals surface area contributed by atoms with Gasteiger partial charge in [0.25, 0.3) is 0 Å². The fourth-order valence-corrected chi connectivity index (χ4v) is 1.25. The van der Waals surface area contributed by atoms with Gasteiger partial charge in [-0.3, -0.25) is 0 Å². The minimum atomic E-state index is 0.387. The molecule has 0 saturated carbocycles. The van der Waals surface area contributed by atoms with Crippen molar-refractivity contribution in [1.29, 1.82) is 0 Å². The molecule has 0 saturated heterocycles. The molecule has 0 bridgehead atoms. The van der Waals surface area contributed by atoms with Crippen LogP contribution in [-0.4, -0.2) is 9.97 Å². The molecule has 0 spiro atoms. The largest absolute Gasteiger partial charge is 0.383 e. The van der Waals surface area contributed by atoms with Crippen molar-refractivity contribution in [3.63, 3.8) is 0 Å². The summed E-state index contributed by atoms with van der Waals surface area (Å²) in [4.78, 5) is 8.67. The second-order valence-corrected chi connectivity index (χ2v) is 4.25. The van der Waals surface area contributed by atoms with Gasteiger partial charge in [-0.05, 0) is 35.9 Å². The molecule has 0 aliphatic carbocycles. The summed E-state index contributed by atoms with van der Waals surface area (Å²) in [5, 5.41) is 0. The fraction of sp³-hybridized carbons (Fsp3) is 0.556. The molecule has 1 heterocycles. The highest BCUT2D eigenvalue weighted by Crippen LogP contribution is 2.20. The highest BCUT2D eigenvalue weighted by Gasteiger charge is 2.10. The van der Waals surface area contributed by atoms with Crippen molar-refractivity contribution in [2.24, 2.45) is 0 Å². The third-order valence-electron chi connectivity index (χ3n) is 2.11. The minimum Gasteiger partial charge on any atom is -0.383 e. The second kappa shape index (κ2) is 4.21. The molecule has 1 aromatic heterocycles. The van der Waals surface area contributed by atoms with Gasteiger partial charge in [-0.1, -0.05) is 13.8 Å². The van der Waals surface area contributed by atoms with E-state index in [1.165, 1.54) is 0 Å². The molecule has 3 nitrogen and oxygen atoms in total. The first-order valence-corrected chi connectivity index (χ1v) is 5.43. The van der Waals surface area contributed by atoms with Gasteiger partial charge in [0.1, 0.15) is 11.6 Å². The molecule has 1 atom stereocenters. The summed E-state index contributed by atoms with van der Waals surface area (Å²) in [6.07, 6.45) is 1.04. The minimum absolute atomic E-state index is 0.387. The average Bonchev–Trinajstić information content (AvgIpc) is 2.12. The molecule has 0 amide bonds. The van der Waals surface area contributed by atoms with Crippen LogP contribution in [0.2, 0.25) is 0 Å². The summed E-state index contributed by atoms with van der Waals surface area (Å²) in [5.74, 6) is 1.85. The summed E-state index contributed by atoms with van der Waals surface area (Å²) < 4.78 is 0.963. The predicted molar refractivity (Wildman–Crippen MR) is 62.6 cm³/mol. The highest BCUT2D eigenvalue weighted by molar-refractivity contribution is 14.1. The number of nitrogen functional groups attached to an aromatic ring is 1. The molecule has 0 aromatic carbocycles. The number of anilines is 1. The van der Waals surface area contributed by atoms with Gasteiger partial charge in [-0.2, -0.15) is 0 Å². The molecule has 1 rings (SSSR count). The van der Waals surface area contributed by atoms with E-state index in [1.54, 1.807) is 0 Å². The Morgan fingerprint density at radius 2 is 2.08 bits per heavy atom. The van der Waals surface area contributed by atoms with Crippen LogP contribution in [0.1, 0.15) is 37.7 Å². The maximum atomic E-state index is 5.76. The Labute approximate surface area is 92.3 Å². The van der Waals surface area contributed by atoms with Gasteiger partial charge in [0.15, 0.2) is 0 Å².